The van der Waals surface area contributed by atoms with Gasteiger partial charge in [0.15, 0.2) is 0 Å². The van der Waals surface area contributed by atoms with Crippen LogP contribution in [0.2, 0.25) is 0 Å². The van der Waals surface area contributed by atoms with Gasteiger partial charge in [-0.15, -0.1) is 11.3 Å². The van der Waals surface area contributed by atoms with Gasteiger partial charge < -0.3 is 5.32 Å². The van der Waals surface area contributed by atoms with Crippen LogP contribution in [-0.4, -0.2) is 45.9 Å². The third-order valence-corrected chi connectivity index (χ3v) is 8.58. The molecule has 32 heavy (non-hydrogen) atoms. The van der Waals surface area contributed by atoms with Crippen LogP contribution in [0.15, 0.2) is 77.0 Å². The molecule has 0 aliphatic carbocycles. The number of nitrogens with one attached hydrogen (secondary N) is 1. The Morgan fingerprint density at radius 1 is 1.03 bits per heavy atom. The summed E-state index contributed by atoms with van der Waals surface area (Å²) >= 11 is 1.71. The average molecular weight is 470 g/mol. The number of nitrogens with zero attached hydrogens (tertiary/aromatic N) is 2. The molecule has 2 heterocycles. The van der Waals surface area contributed by atoms with Crippen molar-refractivity contribution in [2.24, 2.45) is 0 Å². The van der Waals surface area contributed by atoms with Crippen LogP contribution in [-0.2, 0) is 10.0 Å². The number of carbonyl (C=O) groups excluding carboxylic acids is 1. The first kappa shape index (κ1) is 22.5. The second-order valence-corrected chi connectivity index (χ2v) is 10.8. The highest BCUT2D eigenvalue weighted by Crippen LogP contribution is 2.28. The molecule has 1 aromatic heterocycles. The molecule has 4 rings (SSSR count). The van der Waals surface area contributed by atoms with Crippen LogP contribution in [0.3, 0.4) is 0 Å². The summed E-state index contributed by atoms with van der Waals surface area (Å²) in [6.45, 7) is 2.61. The Hall–Kier alpha value is -2.68. The molecule has 1 N–H and O–H groups in total. The zero-order chi connectivity index (χ0) is 22.6. The number of hydrogen-bond donors (Lipinski definition) is 1. The second kappa shape index (κ2) is 9.85. The fraction of sp³-hybridized carbons (Fsp3) is 0.292. The first-order valence-electron chi connectivity index (χ1n) is 10.7. The maximum Gasteiger partial charge on any atom is 0.264 e. The maximum atomic E-state index is 12.9. The van der Waals surface area contributed by atoms with Gasteiger partial charge in [-0.25, -0.2) is 8.42 Å². The first-order chi connectivity index (χ1) is 15.5. The zero-order valence-corrected chi connectivity index (χ0v) is 19.6. The number of sulfonamides is 1. The van der Waals surface area contributed by atoms with Gasteiger partial charge in [0, 0.05) is 24.0 Å². The molecule has 0 bridgehead atoms. The Kier molecular flexibility index (Phi) is 6.93. The summed E-state index contributed by atoms with van der Waals surface area (Å²) < 4.78 is 27.1. The molecule has 1 saturated heterocycles. The van der Waals surface area contributed by atoms with Crippen molar-refractivity contribution in [1.82, 2.24) is 10.2 Å². The van der Waals surface area contributed by atoms with E-state index in [9.17, 15) is 13.2 Å². The van der Waals surface area contributed by atoms with Gasteiger partial charge in [0.2, 0.25) is 0 Å². The molecule has 3 aromatic rings. The number of rotatable bonds is 8. The fourth-order valence-electron chi connectivity index (χ4n) is 3.95. The van der Waals surface area contributed by atoms with Crippen molar-refractivity contribution >= 4 is 33.0 Å². The molecular weight excluding hydrogens is 442 g/mol. The number of benzene rings is 2. The summed E-state index contributed by atoms with van der Waals surface area (Å²) in [4.78, 5) is 16.6. The molecule has 1 fully saturated rings. The lowest BCUT2D eigenvalue weighted by molar-refractivity contribution is 0.0938. The molecule has 1 aliphatic rings. The van der Waals surface area contributed by atoms with Crippen LogP contribution in [0, 0.1) is 0 Å². The number of hydrogen-bond acceptors (Lipinski definition) is 5. The second-order valence-electron chi connectivity index (χ2n) is 7.82. The molecule has 1 unspecified atom stereocenters. The van der Waals surface area contributed by atoms with Crippen LogP contribution >= 0.6 is 11.3 Å². The Morgan fingerprint density at radius 3 is 2.34 bits per heavy atom. The monoisotopic (exact) mass is 469 g/mol. The Balaban J connectivity index is 1.44. The van der Waals surface area contributed by atoms with E-state index in [4.69, 9.17) is 0 Å². The highest BCUT2D eigenvalue weighted by atomic mass is 32.2. The van der Waals surface area contributed by atoms with Crippen molar-refractivity contribution in [2.45, 2.75) is 23.8 Å². The molecule has 0 spiro atoms. The van der Waals surface area contributed by atoms with Gasteiger partial charge in [0.25, 0.3) is 15.9 Å². The average Bonchev–Trinajstić information content (AvgIpc) is 3.54. The number of anilines is 1. The summed E-state index contributed by atoms with van der Waals surface area (Å²) in [6.07, 6.45) is 2.37. The van der Waals surface area contributed by atoms with Crippen molar-refractivity contribution in [3.63, 3.8) is 0 Å². The largest absolute Gasteiger partial charge is 0.350 e. The summed E-state index contributed by atoms with van der Waals surface area (Å²) in [6, 6.07) is 19.3. The van der Waals surface area contributed by atoms with Crippen molar-refractivity contribution < 1.29 is 13.2 Å². The molecule has 168 valence electrons. The van der Waals surface area contributed by atoms with E-state index in [0.717, 1.165) is 13.1 Å². The predicted molar refractivity (Wildman–Crippen MR) is 129 cm³/mol. The minimum Gasteiger partial charge on any atom is -0.350 e. The summed E-state index contributed by atoms with van der Waals surface area (Å²) in [5.74, 6) is -0.203. The zero-order valence-electron chi connectivity index (χ0n) is 18.0. The maximum absolute atomic E-state index is 12.9. The molecule has 8 heteroatoms. The number of amides is 1. The minimum absolute atomic E-state index is 0.147. The van der Waals surface area contributed by atoms with Crippen molar-refractivity contribution in [3.8, 4) is 0 Å². The topological polar surface area (TPSA) is 69.7 Å². The SMILES string of the molecule is CN(c1ccccc1)S(=O)(=O)c1ccc(C(=O)NCC(c2cccs2)N2CCCC2)cc1. The van der Waals surface area contributed by atoms with Gasteiger partial charge in [-0.3, -0.25) is 14.0 Å². The Morgan fingerprint density at radius 2 is 1.72 bits per heavy atom. The Labute approximate surface area is 193 Å². The number of carbonyl (C=O) groups is 1. The molecule has 1 amide bonds. The minimum atomic E-state index is -3.70. The van der Waals surface area contributed by atoms with E-state index < -0.39 is 10.0 Å². The highest BCUT2D eigenvalue weighted by molar-refractivity contribution is 7.92. The lowest BCUT2D eigenvalue weighted by Gasteiger charge is -2.27. The van der Waals surface area contributed by atoms with Crippen molar-refractivity contribution in [1.29, 1.82) is 0 Å². The molecule has 6 nitrogen and oxygen atoms in total. The lowest BCUT2D eigenvalue weighted by Crippen LogP contribution is -2.36. The number of para-hydroxylation sites is 1. The van der Waals surface area contributed by atoms with E-state index in [1.807, 2.05) is 12.1 Å². The van der Waals surface area contributed by atoms with Crippen LogP contribution in [0.4, 0.5) is 5.69 Å². The van der Waals surface area contributed by atoms with E-state index in [-0.39, 0.29) is 16.8 Å². The third-order valence-electron chi connectivity index (χ3n) is 5.80. The van der Waals surface area contributed by atoms with Gasteiger partial charge in [-0.2, -0.15) is 0 Å². The third kappa shape index (κ3) is 4.87. The van der Waals surface area contributed by atoms with E-state index in [1.165, 1.54) is 41.2 Å². The molecule has 1 aliphatic heterocycles. The smallest absolute Gasteiger partial charge is 0.264 e. The number of thiophene rings is 1. The van der Waals surface area contributed by atoms with E-state index in [1.54, 1.807) is 47.7 Å². The molecule has 0 saturated carbocycles. The fourth-order valence-corrected chi connectivity index (χ4v) is 6.00. The van der Waals surface area contributed by atoms with Gasteiger partial charge in [-0.1, -0.05) is 24.3 Å². The van der Waals surface area contributed by atoms with Crippen LogP contribution in [0.25, 0.3) is 0 Å². The van der Waals surface area contributed by atoms with Crippen LogP contribution in [0.1, 0.15) is 34.1 Å². The van der Waals surface area contributed by atoms with Gasteiger partial charge in [0.1, 0.15) is 0 Å². The van der Waals surface area contributed by atoms with Crippen LogP contribution < -0.4 is 9.62 Å². The lowest BCUT2D eigenvalue weighted by atomic mass is 10.2. The standard InChI is InChI=1S/C24H27N3O3S2/c1-26(20-8-3-2-4-9-20)32(29,30)21-13-11-19(12-14-21)24(28)25-18-22(23-10-7-17-31-23)27-15-5-6-16-27/h2-4,7-14,17,22H,5-6,15-16,18H2,1H3,(H,25,28). The molecule has 1 atom stereocenters. The normalized spacial score (nSPS) is 15.4. The van der Waals surface area contributed by atoms with Gasteiger partial charge in [0.05, 0.1) is 16.6 Å². The molecule has 2 aromatic carbocycles. The van der Waals surface area contributed by atoms with E-state index in [0.29, 0.717) is 17.8 Å². The van der Waals surface area contributed by atoms with Gasteiger partial charge in [-0.05, 0) is 73.8 Å². The number of likely N-dealkylation sites (tertiary alicyclic amines) is 1. The summed E-state index contributed by atoms with van der Waals surface area (Å²) in [5.41, 5.74) is 1.02. The predicted octanol–water partition coefficient (Wildman–Crippen LogP) is 4.14. The molecular formula is C24H27N3O3S2. The molecule has 0 radical (unpaired) electrons. The first-order valence-corrected chi connectivity index (χ1v) is 13.0. The van der Waals surface area contributed by atoms with E-state index >= 15 is 0 Å². The van der Waals surface area contributed by atoms with Crippen molar-refractivity contribution in [2.75, 3.05) is 31.0 Å². The highest BCUT2D eigenvalue weighted by Gasteiger charge is 2.25. The van der Waals surface area contributed by atoms with Gasteiger partial charge >= 0.3 is 0 Å². The van der Waals surface area contributed by atoms with Crippen molar-refractivity contribution in [3.05, 3.63) is 82.6 Å². The van der Waals surface area contributed by atoms with E-state index in [2.05, 4.69) is 21.7 Å². The van der Waals surface area contributed by atoms with Crippen LogP contribution in [0.5, 0.6) is 0 Å². The Bertz CT molecular complexity index is 1130. The quantitative estimate of drug-likeness (QED) is 0.538. The summed E-state index contributed by atoms with van der Waals surface area (Å²) in [5, 5.41) is 5.10. The summed E-state index contributed by atoms with van der Waals surface area (Å²) in [7, 11) is -2.18.